The Morgan fingerprint density at radius 3 is 2.82 bits per heavy atom. The van der Waals surface area contributed by atoms with E-state index in [2.05, 4.69) is 56.3 Å². The van der Waals surface area contributed by atoms with Crippen LogP contribution in [0, 0.1) is 0 Å². The minimum Gasteiger partial charge on any atom is -0.340 e. The van der Waals surface area contributed by atoms with Gasteiger partial charge in [-0.05, 0) is 34.0 Å². The molecule has 3 nitrogen and oxygen atoms in total. The van der Waals surface area contributed by atoms with Crippen LogP contribution in [0.3, 0.4) is 0 Å². The highest BCUT2D eigenvalue weighted by Crippen LogP contribution is 2.21. The van der Waals surface area contributed by atoms with Gasteiger partial charge in [-0.15, -0.1) is 0 Å². The van der Waals surface area contributed by atoms with Crippen molar-refractivity contribution in [3.63, 3.8) is 0 Å². The highest BCUT2D eigenvalue weighted by atomic mass is 79.9. The number of nitrogens with one attached hydrogen (secondary N) is 1. The van der Waals surface area contributed by atoms with Crippen LogP contribution in [0.25, 0.3) is 0 Å². The molecule has 0 spiro atoms. The normalized spacial score (nSPS) is 10.2. The summed E-state index contributed by atoms with van der Waals surface area (Å²) >= 11 is 3.33. The van der Waals surface area contributed by atoms with Gasteiger partial charge in [0.05, 0.1) is 0 Å². The van der Waals surface area contributed by atoms with Crippen molar-refractivity contribution < 1.29 is 0 Å². The van der Waals surface area contributed by atoms with Gasteiger partial charge >= 0.3 is 0 Å². The summed E-state index contributed by atoms with van der Waals surface area (Å²) in [5.74, 6) is 0.801. The lowest BCUT2D eigenvalue weighted by molar-refractivity contribution is 0.923. The molecule has 0 aliphatic rings. The van der Waals surface area contributed by atoms with Crippen molar-refractivity contribution in [2.75, 3.05) is 5.32 Å². The third-order valence-corrected chi connectivity index (χ3v) is 2.87. The molecule has 1 aromatic heterocycles. The largest absolute Gasteiger partial charge is 0.340 e. The predicted molar refractivity (Wildman–Crippen MR) is 73.5 cm³/mol. The molecule has 17 heavy (non-hydrogen) atoms. The minimum atomic E-state index is 0.781. The average molecular weight is 292 g/mol. The zero-order valence-corrected chi connectivity index (χ0v) is 11.2. The molecule has 88 valence electrons. The van der Waals surface area contributed by atoms with Gasteiger partial charge in [0.2, 0.25) is 0 Å². The molecule has 0 fully saturated rings. The maximum Gasteiger partial charge on any atom is 0.134 e. The lowest BCUT2D eigenvalue weighted by Gasteiger charge is -2.10. The second-order valence-corrected chi connectivity index (χ2v) is 4.57. The van der Waals surface area contributed by atoms with Gasteiger partial charge < -0.3 is 5.32 Å². The van der Waals surface area contributed by atoms with E-state index in [1.54, 1.807) is 0 Å². The molecule has 4 heteroatoms. The number of para-hydroxylation sites is 1. The van der Waals surface area contributed by atoms with Gasteiger partial charge in [0, 0.05) is 11.8 Å². The first-order valence-corrected chi connectivity index (χ1v) is 6.41. The van der Waals surface area contributed by atoms with Gasteiger partial charge in [0.25, 0.3) is 0 Å². The summed E-state index contributed by atoms with van der Waals surface area (Å²) in [7, 11) is 0. The lowest BCUT2D eigenvalue weighted by Crippen LogP contribution is -1.98. The molecule has 1 N–H and O–H groups in total. The number of nitrogens with zero attached hydrogens (tertiary/aromatic N) is 2. The zero-order chi connectivity index (χ0) is 12.1. The summed E-state index contributed by atoms with van der Waals surface area (Å²) in [5, 5.41) is 3.32. The van der Waals surface area contributed by atoms with E-state index in [9.17, 15) is 0 Å². The lowest BCUT2D eigenvalue weighted by atomic mass is 10.1. The molecule has 2 rings (SSSR count). The number of rotatable bonds is 4. The molecule has 0 unspecified atom stereocenters. The van der Waals surface area contributed by atoms with Crippen molar-refractivity contribution >= 4 is 27.4 Å². The third-order valence-electron chi connectivity index (χ3n) is 2.43. The molecule has 1 heterocycles. The molecule has 0 aliphatic carbocycles. The number of hydrogen-bond donors (Lipinski definition) is 1. The third kappa shape index (κ3) is 3.27. The standard InChI is InChI=1S/C13H14BrN3/c1-2-5-10-6-3-4-7-11(10)17-13-8-12(14)15-9-16-13/h3-4,6-9H,2,5H2,1H3,(H,15,16,17). The van der Waals surface area contributed by atoms with E-state index in [1.165, 1.54) is 11.9 Å². The van der Waals surface area contributed by atoms with Gasteiger partial charge in [-0.25, -0.2) is 9.97 Å². The molecule has 0 saturated carbocycles. The minimum absolute atomic E-state index is 0.781. The molecule has 0 atom stereocenters. The fourth-order valence-corrected chi connectivity index (χ4v) is 1.98. The van der Waals surface area contributed by atoms with Crippen molar-refractivity contribution in [3.05, 3.63) is 46.8 Å². The number of benzene rings is 1. The Balaban J connectivity index is 2.23. The van der Waals surface area contributed by atoms with Crippen LogP contribution >= 0.6 is 15.9 Å². The van der Waals surface area contributed by atoms with Crippen LogP contribution < -0.4 is 5.32 Å². The molecule has 2 aromatic rings. The Morgan fingerprint density at radius 2 is 2.06 bits per heavy atom. The fourth-order valence-electron chi connectivity index (χ4n) is 1.67. The van der Waals surface area contributed by atoms with Crippen molar-refractivity contribution in [1.29, 1.82) is 0 Å². The van der Waals surface area contributed by atoms with Crippen LogP contribution in [0.15, 0.2) is 41.3 Å². The summed E-state index contributed by atoms with van der Waals surface area (Å²) in [5.41, 5.74) is 2.42. The quantitative estimate of drug-likeness (QED) is 0.867. The molecule has 0 amide bonds. The first-order valence-electron chi connectivity index (χ1n) is 5.62. The molecule has 0 aliphatic heterocycles. The summed E-state index contributed by atoms with van der Waals surface area (Å²) in [6, 6.07) is 10.2. The second-order valence-electron chi connectivity index (χ2n) is 3.76. The van der Waals surface area contributed by atoms with E-state index in [-0.39, 0.29) is 0 Å². The Hall–Kier alpha value is -1.42. The summed E-state index contributed by atoms with van der Waals surface area (Å²) in [6.45, 7) is 2.18. The average Bonchev–Trinajstić information content (AvgIpc) is 2.32. The van der Waals surface area contributed by atoms with Gasteiger partial charge in [0.15, 0.2) is 0 Å². The van der Waals surface area contributed by atoms with Gasteiger partial charge in [-0.3, -0.25) is 0 Å². The molecular formula is C13H14BrN3. The summed E-state index contributed by atoms with van der Waals surface area (Å²) in [6.07, 6.45) is 3.73. The van der Waals surface area contributed by atoms with E-state index in [0.29, 0.717) is 0 Å². The van der Waals surface area contributed by atoms with Gasteiger partial charge in [0.1, 0.15) is 16.7 Å². The number of halogens is 1. The van der Waals surface area contributed by atoms with E-state index in [0.717, 1.165) is 29.0 Å². The number of hydrogen-bond acceptors (Lipinski definition) is 3. The first-order chi connectivity index (χ1) is 8.29. The molecule has 1 aromatic carbocycles. The SMILES string of the molecule is CCCc1ccccc1Nc1cc(Br)ncn1. The van der Waals surface area contributed by atoms with Crippen LogP contribution in [0.5, 0.6) is 0 Å². The fraction of sp³-hybridized carbons (Fsp3) is 0.231. The molecule has 0 bridgehead atoms. The van der Waals surface area contributed by atoms with Gasteiger partial charge in [-0.1, -0.05) is 31.5 Å². The topological polar surface area (TPSA) is 37.8 Å². The van der Waals surface area contributed by atoms with E-state index in [4.69, 9.17) is 0 Å². The Kier molecular flexibility index (Phi) is 4.09. The number of aryl methyl sites for hydroxylation is 1. The highest BCUT2D eigenvalue weighted by molar-refractivity contribution is 9.10. The maximum absolute atomic E-state index is 4.18. The van der Waals surface area contributed by atoms with Crippen molar-refractivity contribution in [1.82, 2.24) is 9.97 Å². The number of anilines is 2. The summed E-state index contributed by atoms with van der Waals surface area (Å²) < 4.78 is 0.781. The van der Waals surface area contributed by atoms with Crippen molar-refractivity contribution in [3.8, 4) is 0 Å². The van der Waals surface area contributed by atoms with Crippen LogP contribution in [0.1, 0.15) is 18.9 Å². The van der Waals surface area contributed by atoms with E-state index in [1.807, 2.05) is 12.1 Å². The highest BCUT2D eigenvalue weighted by Gasteiger charge is 2.02. The second kappa shape index (κ2) is 5.77. The first kappa shape index (κ1) is 12.0. The van der Waals surface area contributed by atoms with Crippen molar-refractivity contribution in [2.45, 2.75) is 19.8 Å². The van der Waals surface area contributed by atoms with Crippen LogP contribution in [0.4, 0.5) is 11.5 Å². The van der Waals surface area contributed by atoms with Crippen molar-refractivity contribution in [2.24, 2.45) is 0 Å². The Morgan fingerprint density at radius 1 is 1.24 bits per heavy atom. The Labute approximate surface area is 109 Å². The molecule has 0 radical (unpaired) electrons. The van der Waals surface area contributed by atoms with E-state index < -0.39 is 0 Å². The van der Waals surface area contributed by atoms with Gasteiger partial charge in [-0.2, -0.15) is 0 Å². The summed E-state index contributed by atoms with van der Waals surface area (Å²) in [4.78, 5) is 8.19. The monoisotopic (exact) mass is 291 g/mol. The maximum atomic E-state index is 4.18. The molecular weight excluding hydrogens is 278 g/mol. The Bertz CT molecular complexity index is 500. The number of aromatic nitrogens is 2. The van der Waals surface area contributed by atoms with Crippen LogP contribution in [-0.2, 0) is 6.42 Å². The van der Waals surface area contributed by atoms with E-state index >= 15 is 0 Å². The smallest absolute Gasteiger partial charge is 0.134 e. The zero-order valence-electron chi connectivity index (χ0n) is 9.65. The van der Waals surface area contributed by atoms with Crippen LogP contribution in [0.2, 0.25) is 0 Å². The molecule has 0 saturated heterocycles. The predicted octanol–water partition coefficient (Wildman–Crippen LogP) is 3.94. The van der Waals surface area contributed by atoms with Crippen LogP contribution in [-0.4, -0.2) is 9.97 Å².